The van der Waals surface area contributed by atoms with Gasteiger partial charge in [0, 0.05) is 23.6 Å². The highest BCUT2D eigenvalue weighted by molar-refractivity contribution is 7.89. The van der Waals surface area contributed by atoms with Crippen molar-refractivity contribution in [2.45, 2.75) is 24.3 Å². The fraction of sp³-hybridized carbons (Fsp3) is 0.278. The molecule has 0 saturated carbocycles. The van der Waals surface area contributed by atoms with Gasteiger partial charge in [0.15, 0.2) is 11.5 Å². The minimum atomic E-state index is -3.89. The van der Waals surface area contributed by atoms with Crippen LogP contribution in [0.5, 0.6) is 11.5 Å². The molecule has 150 valence electrons. The lowest BCUT2D eigenvalue weighted by atomic mass is 10.2. The van der Waals surface area contributed by atoms with Gasteiger partial charge in [-0.05, 0) is 31.2 Å². The Hall–Kier alpha value is -2.00. The molecule has 0 unspecified atom stereocenters. The van der Waals surface area contributed by atoms with E-state index in [0.717, 1.165) is 6.42 Å². The second-order valence-corrected chi connectivity index (χ2v) is 8.67. The number of benzene rings is 2. The summed E-state index contributed by atoms with van der Waals surface area (Å²) in [5, 5.41) is 3.28. The number of halogens is 2. The highest BCUT2D eigenvalue weighted by Crippen LogP contribution is 2.37. The molecule has 1 heterocycles. The lowest BCUT2D eigenvalue weighted by Crippen LogP contribution is -2.41. The van der Waals surface area contributed by atoms with Crippen LogP contribution in [0.25, 0.3) is 0 Å². The molecular weight excluding hydrogens is 427 g/mol. The van der Waals surface area contributed by atoms with Crippen molar-refractivity contribution >= 4 is 44.8 Å². The van der Waals surface area contributed by atoms with Crippen molar-refractivity contribution in [1.29, 1.82) is 0 Å². The predicted molar refractivity (Wildman–Crippen MR) is 107 cm³/mol. The van der Waals surface area contributed by atoms with E-state index in [1.54, 1.807) is 12.1 Å². The number of carbonyl (C=O) groups is 1. The topological polar surface area (TPSA) is 93.7 Å². The maximum absolute atomic E-state index is 12.5. The van der Waals surface area contributed by atoms with Crippen molar-refractivity contribution in [3.63, 3.8) is 0 Å². The van der Waals surface area contributed by atoms with Crippen LogP contribution in [0.1, 0.15) is 13.3 Å². The molecule has 1 aliphatic heterocycles. The first-order chi connectivity index (χ1) is 13.3. The second kappa shape index (κ2) is 8.57. The Morgan fingerprint density at radius 2 is 1.68 bits per heavy atom. The van der Waals surface area contributed by atoms with Crippen molar-refractivity contribution in [3.8, 4) is 11.5 Å². The largest absolute Gasteiger partial charge is 0.490 e. The molecule has 0 radical (unpaired) electrons. The van der Waals surface area contributed by atoms with Gasteiger partial charge in [-0.3, -0.25) is 4.79 Å². The van der Waals surface area contributed by atoms with Gasteiger partial charge in [-0.2, -0.15) is 4.72 Å². The zero-order valence-electron chi connectivity index (χ0n) is 14.9. The molecule has 0 spiro atoms. The standard InChI is InChI=1S/C18H18Cl2N2O5S/c1-11(22-28(24,25)13-5-3-12(19)4-6-13)18(23)21-15-10-17-16(9-14(15)20)26-7-2-8-27-17/h3-6,9-11,22H,2,7-8H2,1H3,(H,21,23)/t11-/m0/s1. The number of amides is 1. The number of ether oxygens (including phenoxy) is 2. The van der Waals surface area contributed by atoms with Crippen LogP contribution in [0.4, 0.5) is 5.69 Å². The van der Waals surface area contributed by atoms with Crippen LogP contribution in [0, 0.1) is 0 Å². The molecule has 0 aliphatic carbocycles. The molecule has 3 rings (SSSR count). The molecule has 0 fully saturated rings. The third kappa shape index (κ3) is 4.88. The van der Waals surface area contributed by atoms with Gasteiger partial charge in [0.25, 0.3) is 0 Å². The molecule has 0 saturated heterocycles. The summed E-state index contributed by atoms with van der Waals surface area (Å²) >= 11 is 12.0. The van der Waals surface area contributed by atoms with E-state index in [2.05, 4.69) is 10.0 Å². The quantitative estimate of drug-likeness (QED) is 0.736. The Morgan fingerprint density at radius 3 is 2.32 bits per heavy atom. The average molecular weight is 445 g/mol. The van der Waals surface area contributed by atoms with Crippen LogP contribution < -0.4 is 19.5 Å². The summed E-state index contributed by atoms with van der Waals surface area (Å²) in [6, 6.07) is 7.69. The van der Waals surface area contributed by atoms with E-state index in [4.69, 9.17) is 32.7 Å². The predicted octanol–water partition coefficient (Wildman–Crippen LogP) is 3.46. The zero-order valence-corrected chi connectivity index (χ0v) is 17.2. The van der Waals surface area contributed by atoms with Gasteiger partial charge >= 0.3 is 0 Å². The van der Waals surface area contributed by atoms with Gasteiger partial charge in [-0.15, -0.1) is 0 Å². The Labute approximate surface area is 173 Å². The minimum Gasteiger partial charge on any atom is -0.490 e. The molecule has 7 nitrogen and oxygen atoms in total. The third-order valence-corrected chi connectivity index (χ3v) is 6.07. The number of fused-ring (bicyclic) bond motifs is 1. The molecule has 1 atom stereocenters. The molecule has 1 amide bonds. The van der Waals surface area contributed by atoms with Crippen LogP contribution in [0.3, 0.4) is 0 Å². The highest BCUT2D eigenvalue weighted by atomic mass is 35.5. The van der Waals surface area contributed by atoms with Crippen LogP contribution in [0.15, 0.2) is 41.3 Å². The lowest BCUT2D eigenvalue weighted by Gasteiger charge is -2.16. The maximum atomic E-state index is 12.5. The van der Waals surface area contributed by atoms with Gasteiger partial charge in [0.2, 0.25) is 15.9 Å². The monoisotopic (exact) mass is 444 g/mol. The van der Waals surface area contributed by atoms with Crippen molar-refractivity contribution in [1.82, 2.24) is 4.72 Å². The van der Waals surface area contributed by atoms with E-state index in [-0.39, 0.29) is 9.92 Å². The first kappa shape index (κ1) is 20.7. The Kier molecular flexibility index (Phi) is 6.34. The van der Waals surface area contributed by atoms with Crippen LogP contribution in [-0.2, 0) is 14.8 Å². The molecule has 2 N–H and O–H groups in total. The summed E-state index contributed by atoms with van der Waals surface area (Å²) in [5.74, 6) is 0.387. The summed E-state index contributed by atoms with van der Waals surface area (Å²) in [4.78, 5) is 12.5. The van der Waals surface area contributed by atoms with Gasteiger partial charge in [-0.1, -0.05) is 23.2 Å². The first-order valence-corrected chi connectivity index (χ1v) is 10.7. The molecule has 2 aromatic rings. The Balaban J connectivity index is 1.72. The van der Waals surface area contributed by atoms with E-state index < -0.39 is 22.0 Å². The molecule has 10 heteroatoms. The van der Waals surface area contributed by atoms with E-state index in [1.165, 1.54) is 31.2 Å². The summed E-state index contributed by atoms with van der Waals surface area (Å²) < 4.78 is 38.3. The zero-order chi connectivity index (χ0) is 20.3. The van der Waals surface area contributed by atoms with Crippen LogP contribution in [-0.4, -0.2) is 33.6 Å². The number of anilines is 1. The number of hydrogen-bond acceptors (Lipinski definition) is 5. The van der Waals surface area contributed by atoms with Crippen molar-refractivity contribution in [3.05, 3.63) is 46.4 Å². The number of carbonyl (C=O) groups excluding carboxylic acids is 1. The van der Waals surface area contributed by atoms with Gasteiger partial charge in [0.1, 0.15) is 0 Å². The van der Waals surface area contributed by atoms with Gasteiger partial charge in [-0.25, -0.2) is 8.42 Å². The normalized spacial score (nSPS) is 14.8. The smallest absolute Gasteiger partial charge is 0.242 e. The number of sulfonamides is 1. The Morgan fingerprint density at radius 1 is 1.07 bits per heavy atom. The van der Waals surface area contributed by atoms with Gasteiger partial charge < -0.3 is 14.8 Å². The lowest BCUT2D eigenvalue weighted by molar-refractivity contribution is -0.117. The fourth-order valence-corrected chi connectivity index (χ4v) is 4.02. The number of nitrogens with one attached hydrogen (secondary N) is 2. The summed E-state index contributed by atoms with van der Waals surface area (Å²) in [7, 11) is -3.89. The van der Waals surface area contributed by atoms with E-state index in [9.17, 15) is 13.2 Å². The summed E-state index contributed by atoms with van der Waals surface area (Å²) in [5.41, 5.74) is 0.299. The van der Waals surface area contributed by atoms with E-state index in [1.807, 2.05) is 0 Å². The van der Waals surface area contributed by atoms with Gasteiger partial charge in [0.05, 0.1) is 34.9 Å². The maximum Gasteiger partial charge on any atom is 0.242 e. The number of hydrogen-bond donors (Lipinski definition) is 2. The summed E-state index contributed by atoms with van der Waals surface area (Å²) in [6.45, 7) is 2.43. The fourth-order valence-electron chi connectivity index (χ4n) is 2.49. The Bertz CT molecular complexity index is 980. The molecule has 0 bridgehead atoms. The molecule has 0 aromatic heterocycles. The van der Waals surface area contributed by atoms with E-state index >= 15 is 0 Å². The molecule has 28 heavy (non-hydrogen) atoms. The summed E-state index contributed by atoms with van der Waals surface area (Å²) in [6.07, 6.45) is 0.734. The van der Waals surface area contributed by atoms with E-state index in [0.29, 0.717) is 35.4 Å². The molecular formula is C18H18Cl2N2O5S. The third-order valence-electron chi connectivity index (χ3n) is 3.94. The van der Waals surface area contributed by atoms with Crippen molar-refractivity contribution < 1.29 is 22.7 Å². The second-order valence-electron chi connectivity index (χ2n) is 6.12. The van der Waals surface area contributed by atoms with Crippen LogP contribution >= 0.6 is 23.2 Å². The molecule has 1 aliphatic rings. The SMILES string of the molecule is C[C@H](NS(=O)(=O)c1ccc(Cl)cc1)C(=O)Nc1cc2c(cc1Cl)OCCCO2. The number of rotatable bonds is 5. The average Bonchev–Trinajstić information content (AvgIpc) is 2.86. The van der Waals surface area contributed by atoms with Crippen molar-refractivity contribution in [2.24, 2.45) is 0 Å². The van der Waals surface area contributed by atoms with Crippen LogP contribution in [0.2, 0.25) is 10.0 Å². The highest BCUT2D eigenvalue weighted by Gasteiger charge is 2.23. The van der Waals surface area contributed by atoms with Crippen molar-refractivity contribution in [2.75, 3.05) is 18.5 Å². The first-order valence-electron chi connectivity index (χ1n) is 8.44. The minimum absolute atomic E-state index is 0.00478. The molecule has 2 aromatic carbocycles.